The van der Waals surface area contributed by atoms with Crippen molar-refractivity contribution in [1.29, 1.82) is 0 Å². The van der Waals surface area contributed by atoms with Gasteiger partial charge in [0.15, 0.2) is 5.69 Å². The van der Waals surface area contributed by atoms with Gasteiger partial charge in [0.25, 0.3) is 5.91 Å². The van der Waals surface area contributed by atoms with Crippen molar-refractivity contribution < 1.29 is 14.1 Å². The number of amides is 1. The standard InChI is InChI=1S/C21H26N4O3/c1-5-27-18-8-6-17(7-9-18)10-11-22-21(26)20-19(16(4)28-24-20)13-25-15(3)12-14(2)23-25/h6-9,12H,5,10-11,13H2,1-4H3,(H,22,26). The quantitative estimate of drug-likeness (QED) is 0.647. The van der Waals surface area contributed by atoms with Crippen LogP contribution in [0.25, 0.3) is 0 Å². The molecule has 7 heteroatoms. The highest BCUT2D eigenvalue weighted by atomic mass is 16.5. The fourth-order valence-corrected chi connectivity index (χ4v) is 3.06. The first kappa shape index (κ1) is 19.7. The summed E-state index contributed by atoms with van der Waals surface area (Å²) in [5, 5.41) is 11.3. The highest BCUT2D eigenvalue weighted by Gasteiger charge is 2.20. The topological polar surface area (TPSA) is 82.2 Å². The molecule has 7 nitrogen and oxygen atoms in total. The first-order valence-electron chi connectivity index (χ1n) is 9.44. The van der Waals surface area contributed by atoms with Gasteiger partial charge in [-0.25, -0.2) is 0 Å². The fourth-order valence-electron chi connectivity index (χ4n) is 3.06. The van der Waals surface area contributed by atoms with Crippen LogP contribution in [-0.2, 0) is 13.0 Å². The molecule has 3 rings (SSSR count). The molecule has 1 N–H and O–H groups in total. The van der Waals surface area contributed by atoms with Gasteiger partial charge in [-0.05, 0) is 57.9 Å². The van der Waals surface area contributed by atoms with Gasteiger partial charge in [-0.1, -0.05) is 17.3 Å². The van der Waals surface area contributed by atoms with E-state index in [-0.39, 0.29) is 5.91 Å². The van der Waals surface area contributed by atoms with Gasteiger partial charge in [0.2, 0.25) is 0 Å². The molecular weight excluding hydrogens is 356 g/mol. The lowest BCUT2D eigenvalue weighted by Gasteiger charge is -2.08. The Kier molecular flexibility index (Phi) is 6.13. The summed E-state index contributed by atoms with van der Waals surface area (Å²) >= 11 is 0. The maximum Gasteiger partial charge on any atom is 0.273 e. The van der Waals surface area contributed by atoms with Gasteiger partial charge in [0, 0.05) is 17.8 Å². The van der Waals surface area contributed by atoms with Crippen LogP contribution in [0.3, 0.4) is 0 Å². The summed E-state index contributed by atoms with van der Waals surface area (Å²) in [4.78, 5) is 12.6. The van der Waals surface area contributed by atoms with Crippen LogP contribution in [-0.4, -0.2) is 34.0 Å². The third-order valence-electron chi connectivity index (χ3n) is 4.54. The van der Waals surface area contributed by atoms with Crippen molar-refractivity contribution in [1.82, 2.24) is 20.3 Å². The van der Waals surface area contributed by atoms with Crippen LogP contribution < -0.4 is 10.1 Å². The monoisotopic (exact) mass is 382 g/mol. The molecule has 3 aromatic rings. The molecule has 148 valence electrons. The smallest absolute Gasteiger partial charge is 0.273 e. The molecule has 0 radical (unpaired) electrons. The normalized spacial score (nSPS) is 10.9. The molecule has 0 saturated heterocycles. The first-order valence-corrected chi connectivity index (χ1v) is 9.44. The molecular formula is C21H26N4O3. The van der Waals surface area contributed by atoms with Crippen LogP contribution in [0.1, 0.15) is 45.7 Å². The molecule has 0 aliphatic heterocycles. The summed E-state index contributed by atoms with van der Waals surface area (Å²) < 4.78 is 12.6. The Morgan fingerprint density at radius 2 is 1.96 bits per heavy atom. The summed E-state index contributed by atoms with van der Waals surface area (Å²) in [6.07, 6.45) is 0.724. The number of carbonyl (C=O) groups is 1. The molecule has 28 heavy (non-hydrogen) atoms. The number of nitrogens with zero attached hydrogens (tertiary/aromatic N) is 3. The van der Waals surface area contributed by atoms with Crippen molar-refractivity contribution in [3.8, 4) is 5.75 Å². The lowest BCUT2D eigenvalue weighted by atomic mass is 10.1. The van der Waals surface area contributed by atoms with Gasteiger partial charge < -0.3 is 14.6 Å². The second-order valence-corrected chi connectivity index (χ2v) is 6.73. The number of hydrogen-bond acceptors (Lipinski definition) is 5. The Morgan fingerprint density at radius 1 is 1.21 bits per heavy atom. The minimum atomic E-state index is -0.237. The molecule has 0 atom stereocenters. The van der Waals surface area contributed by atoms with Crippen LogP contribution in [0.15, 0.2) is 34.9 Å². The van der Waals surface area contributed by atoms with E-state index >= 15 is 0 Å². The van der Waals surface area contributed by atoms with Crippen molar-refractivity contribution in [2.45, 2.75) is 40.7 Å². The van der Waals surface area contributed by atoms with E-state index < -0.39 is 0 Å². The van der Waals surface area contributed by atoms with E-state index in [0.717, 1.165) is 34.7 Å². The van der Waals surface area contributed by atoms with Crippen LogP contribution in [0.2, 0.25) is 0 Å². The van der Waals surface area contributed by atoms with E-state index in [0.29, 0.717) is 31.2 Å². The number of aromatic nitrogens is 3. The van der Waals surface area contributed by atoms with Crippen molar-refractivity contribution in [2.75, 3.05) is 13.2 Å². The highest BCUT2D eigenvalue weighted by molar-refractivity contribution is 5.93. The molecule has 0 spiro atoms. The van der Waals surface area contributed by atoms with Gasteiger partial charge in [0.05, 0.1) is 18.8 Å². The van der Waals surface area contributed by atoms with Gasteiger partial charge in [0.1, 0.15) is 11.5 Å². The molecule has 0 unspecified atom stereocenters. The van der Waals surface area contributed by atoms with Crippen LogP contribution in [0.4, 0.5) is 0 Å². The second-order valence-electron chi connectivity index (χ2n) is 6.73. The summed E-state index contributed by atoms with van der Waals surface area (Å²) in [6, 6.07) is 9.89. The Labute approximate surface area is 164 Å². The Morgan fingerprint density at radius 3 is 2.61 bits per heavy atom. The average Bonchev–Trinajstić information content (AvgIpc) is 3.19. The van der Waals surface area contributed by atoms with Crippen LogP contribution in [0.5, 0.6) is 5.75 Å². The number of carbonyl (C=O) groups excluding carboxylic acids is 1. The van der Waals surface area contributed by atoms with Crippen molar-refractivity contribution in [2.24, 2.45) is 0 Å². The molecule has 0 aliphatic carbocycles. The highest BCUT2D eigenvalue weighted by Crippen LogP contribution is 2.17. The lowest BCUT2D eigenvalue weighted by Crippen LogP contribution is -2.27. The summed E-state index contributed by atoms with van der Waals surface area (Å²) in [5.74, 6) is 1.24. The summed E-state index contributed by atoms with van der Waals surface area (Å²) in [7, 11) is 0. The minimum Gasteiger partial charge on any atom is -0.494 e. The first-order chi connectivity index (χ1) is 13.5. The molecule has 0 fully saturated rings. The largest absolute Gasteiger partial charge is 0.494 e. The van der Waals surface area contributed by atoms with Crippen molar-refractivity contribution in [3.05, 3.63) is 64.3 Å². The van der Waals surface area contributed by atoms with Crippen LogP contribution in [0, 0.1) is 20.8 Å². The fraction of sp³-hybridized carbons (Fsp3) is 0.381. The molecule has 1 aromatic carbocycles. The van der Waals surface area contributed by atoms with E-state index in [9.17, 15) is 4.79 Å². The van der Waals surface area contributed by atoms with Crippen molar-refractivity contribution >= 4 is 5.91 Å². The van der Waals surface area contributed by atoms with Gasteiger partial charge in [-0.3, -0.25) is 9.48 Å². The molecule has 2 aromatic heterocycles. The SMILES string of the molecule is CCOc1ccc(CCNC(=O)c2noc(C)c2Cn2nc(C)cc2C)cc1. The van der Waals surface area contributed by atoms with E-state index in [4.69, 9.17) is 9.26 Å². The molecule has 2 heterocycles. The predicted molar refractivity (Wildman–Crippen MR) is 106 cm³/mol. The minimum absolute atomic E-state index is 0.237. The average molecular weight is 382 g/mol. The maximum atomic E-state index is 12.6. The van der Waals surface area contributed by atoms with Crippen molar-refractivity contribution in [3.63, 3.8) is 0 Å². The van der Waals surface area contributed by atoms with E-state index in [1.165, 1.54) is 0 Å². The predicted octanol–water partition coefficient (Wildman–Crippen LogP) is 3.22. The zero-order chi connectivity index (χ0) is 20.1. The van der Waals surface area contributed by atoms with Gasteiger partial charge in [-0.2, -0.15) is 5.10 Å². The zero-order valence-electron chi connectivity index (χ0n) is 16.8. The van der Waals surface area contributed by atoms with E-state index in [1.54, 1.807) is 0 Å². The van der Waals surface area contributed by atoms with Gasteiger partial charge in [-0.15, -0.1) is 0 Å². The maximum absolute atomic E-state index is 12.6. The van der Waals surface area contributed by atoms with E-state index in [2.05, 4.69) is 15.6 Å². The number of rotatable bonds is 8. The summed E-state index contributed by atoms with van der Waals surface area (Å²) in [6.45, 7) is 9.31. The Hall–Kier alpha value is -3.09. The second kappa shape index (κ2) is 8.73. The number of hydrogen-bond donors (Lipinski definition) is 1. The van der Waals surface area contributed by atoms with Crippen LogP contribution >= 0.6 is 0 Å². The third kappa shape index (κ3) is 4.60. The number of nitrogens with one attached hydrogen (secondary N) is 1. The number of ether oxygens (including phenoxy) is 1. The number of benzene rings is 1. The molecule has 0 bridgehead atoms. The summed E-state index contributed by atoms with van der Waals surface area (Å²) in [5.41, 5.74) is 4.16. The third-order valence-corrected chi connectivity index (χ3v) is 4.54. The number of aryl methyl sites for hydroxylation is 3. The molecule has 1 amide bonds. The van der Waals surface area contributed by atoms with Gasteiger partial charge >= 0.3 is 0 Å². The molecule has 0 saturated carbocycles. The zero-order valence-corrected chi connectivity index (χ0v) is 16.8. The molecule has 0 aliphatic rings. The Balaban J connectivity index is 1.61. The van der Waals surface area contributed by atoms with E-state index in [1.807, 2.05) is 62.7 Å². The lowest BCUT2D eigenvalue weighted by molar-refractivity contribution is 0.0944. The Bertz CT molecular complexity index is 941.